The predicted molar refractivity (Wildman–Crippen MR) is 279 cm³/mol. The number of benzene rings is 1. The summed E-state index contributed by atoms with van der Waals surface area (Å²) in [6.45, 7) is 18.1. The van der Waals surface area contributed by atoms with Crippen LogP contribution in [0.1, 0.15) is 127 Å². The summed E-state index contributed by atoms with van der Waals surface area (Å²) in [6, 6.07) is -1.54. The molecule has 3 heterocycles. The molecule has 76 heavy (non-hydrogen) atoms. The highest BCUT2D eigenvalue weighted by molar-refractivity contribution is 6.35. The number of likely N-dealkylation sites (N-methyl/N-ethyl adjacent to an activating group) is 2. The lowest BCUT2D eigenvalue weighted by molar-refractivity contribution is -0.162. The summed E-state index contributed by atoms with van der Waals surface area (Å²) < 4.78 is 17.3. The molecule has 0 aromatic heterocycles. The number of Topliss-reactive ketones (excluding diaryl/α,β-unsaturated/α-hetero) is 2. The van der Waals surface area contributed by atoms with Gasteiger partial charge in [0.25, 0.3) is 5.91 Å². The lowest BCUT2D eigenvalue weighted by atomic mass is 9.86. The Morgan fingerprint density at radius 2 is 1.49 bits per heavy atom. The van der Waals surface area contributed by atoms with Crippen LogP contribution in [0, 0.1) is 29.6 Å². The molecule has 0 spiro atoms. The van der Waals surface area contributed by atoms with Crippen LogP contribution in [0.15, 0.2) is 24.3 Å². The van der Waals surface area contributed by atoms with E-state index >= 15 is 0 Å². The quantitative estimate of drug-likeness (QED) is 0.146. The Labute approximate surface area is 447 Å². The number of nitrogens with zero attached hydrogens (tertiary/aromatic N) is 4. The number of fused-ring (bicyclic) bond motifs is 1. The monoisotopic (exact) mass is 1070 g/mol. The van der Waals surface area contributed by atoms with Gasteiger partial charge in [0.15, 0.2) is 11.9 Å². The summed E-state index contributed by atoms with van der Waals surface area (Å²) in [5.41, 5.74) is 0.591. The zero-order valence-corrected chi connectivity index (χ0v) is 47.0. The Hall–Kier alpha value is -6.41. The van der Waals surface area contributed by atoms with E-state index in [9.17, 15) is 52.7 Å². The van der Waals surface area contributed by atoms with Gasteiger partial charge in [0.05, 0.1) is 19.4 Å². The molecule has 0 unspecified atom stereocenters. The number of hydrogen-bond acceptors (Lipinski definition) is 14. The first-order chi connectivity index (χ1) is 35.6. The predicted octanol–water partition coefficient (Wildman–Crippen LogP) is 2.77. The number of carbonyl (C=O) groups is 11. The number of carbonyl (C=O) groups excluding carboxylic acids is 11. The van der Waals surface area contributed by atoms with E-state index in [-0.39, 0.29) is 57.0 Å². The summed E-state index contributed by atoms with van der Waals surface area (Å²) in [5.74, 6) is -10.7. The lowest BCUT2D eigenvalue weighted by Gasteiger charge is -2.36. The first-order valence-corrected chi connectivity index (χ1v) is 26.8. The zero-order valence-electron chi connectivity index (χ0n) is 47.0. The second kappa shape index (κ2) is 27.6. The molecule has 4 rings (SSSR count). The minimum absolute atomic E-state index is 0.102. The highest BCUT2D eigenvalue weighted by Gasteiger charge is 2.45. The van der Waals surface area contributed by atoms with Gasteiger partial charge in [-0.15, -0.1) is 0 Å². The summed E-state index contributed by atoms with van der Waals surface area (Å²) in [7, 11) is 4.27. The minimum atomic E-state index is -1.66. The molecule has 21 heteroatoms. The molecular weight excluding hydrogens is 983 g/mol. The third-order valence-electron chi connectivity index (χ3n) is 15.2. The fourth-order valence-electron chi connectivity index (χ4n) is 10.1. The Bertz CT molecular complexity index is 2310. The van der Waals surface area contributed by atoms with E-state index < -0.39 is 137 Å². The van der Waals surface area contributed by atoms with Crippen LogP contribution in [0.5, 0.6) is 5.75 Å². The Morgan fingerprint density at radius 3 is 2.07 bits per heavy atom. The molecule has 3 fully saturated rings. The van der Waals surface area contributed by atoms with Crippen LogP contribution in [0.4, 0.5) is 0 Å². The van der Waals surface area contributed by atoms with Gasteiger partial charge in [0.2, 0.25) is 41.2 Å². The number of likely N-dealkylation sites (tertiary alicyclic amines) is 1. The van der Waals surface area contributed by atoms with Gasteiger partial charge in [0, 0.05) is 46.6 Å². The molecule has 1 aromatic carbocycles. The summed E-state index contributed by atoms with van der Waals surface area (Å²) in [4.78, 5) is 159. The molecule has 0 aliphatic carbocycles. The van der Waals surface area contributed by atoms with Gasteiger partial charge in [-0.05, 0) is 94.2 Å². The molecule has 0 radical (unpaired) electrons. The molecule has 0 bridgehead atoms. The fraction of sp³-hybridized carbons (Fsp3) is 0.691. The van der Waals surface area contributed by atoms with Gasteiger partial charge < -0.3 is 49.8 Å². The van der Waals surface area contributed by atoms with Crippen molar-refractivity contribution < 1.29 is 67.0 Å². The van der Waals surface area contributed by atoms with E-state index in [1.54, 1.807) is 45.0 Å². The number of amides is 7. The second-order valence-corrected chi connectivity index (χ2v) is 21.7. The van der Waals surface area contributed by atoms with E-state index in [2.05, 4.69) is 16.0 Å². The molecule has 3 saturated heterocycles. The molecule has 7 amide bonds. The average Bonchev–Trinajstić information content (AvgIpc) is 4.08. The second-order valence-electron chi connectivity index (χ2n) is 21.7. The van der Waals surface area contributed by atoms with Crippen molar-refractivity contribution in [1.82, 2.24) is 35.6 Å². The Kier molecular flexibility index (Phi) is 22.5. The maximum atomic E-state index is 14.9. The van der Waals surface area contributed by atoms with Crippen LogP contribution < -0.4 is 20.7 Å². The summed E-state index contributed by atoms with van der Waals surface area (Å²) >= 11 is 0. The van der Waals surface area contributed by atoms with E-state index in [0.717, 1.165) is 11.8 Å². The van der Waals surface area contributed by atoms with E-state index in [0.29, 0.717) is 30.6 Å². The van der Waals surface area contributed by atoms with Crippen molar-refractivity contribution in [3.05, 3.63) is 29.8 Å². The largest absolute Gasteiger partial charge is 0.497 e. The number of hydrogen-bond donors (Lipinski definition) is 3. The number of methoxy groups -OCH3 is 1. The van der Waals surface area contributed by atoms with Gasteiger partial charge >= 0.3 is 11.9 Å². The molecular formula is C55H83N7O14. The fourth-order valence-corrected chi connectivity index (χ4v) is 10.1. The highest BCUT2D eigenvalue weighted by atomic mass is 16.6. The molecule has 3 aliphatic heterocycles. The van der Waals surface area contributed by atoms with Crippen molar-refractivity contribution in [2.24, 2.45) is 29.6 Å². The molecule has 0 saturated carbocycles. The van der Waals surface area contributed by atoms with Gasteiger partial charge in [-0.2, -0.15) is 0 Å². The van der Waals surface area contributed by atoms with Crippen LogP contribution >= 0.6 is 0 Å². The molecule has 3 aliphatic rings. The lowest BCUT2D eigenvalue weighted by Crippen LogP contribution is -2.61. The number of esters is 2. The minimum Gasteiger partial charge on any atom is -0.497 e. The topological polar surface area (TPSA) is 265 Å². The van der Waals surface area contributed by atoms with Gasteiger partial charge in [-0.3, -0.25) is 47.9 Å². The number of cyclic esters (lactones) is 2. The van der Waals surface area contributed by atoms with Crippen molar-refractivity contribution in [2.45, 2.75) is 182 Å². The zero-order chi connectivity index (χ0) is 57.0. The smallest absolute Gasteiger partial charge is 0.329 e. The highest BCUT2D eigenvalue weighted by Crippen LogP contribution is 2.27. The maximum absolute atomic E-state index is 14.9. The van der Waals surface area contributed by atoms with Crippen LogP contribution in [0.2, 0.25) is 0 Å². The third-order valence-corrected chi connectivity index (χ3v) is 15.2. The van der Waals surface area contributed by atoms with Crippen molar-refractivity contribution in [1.29, 1.82) is 0 Å². The van der Waals surface area contributed by atoms with Gasteiger partial charge in [-0.1, -0.05) is 67.0 Å². The Balaban J connectivity index is 1.84. The van der Waals surface area contributed by atoms with Crippen LogP contribution in [-0.2, 0) is 68.6 Å². The number of nitrogens with one attached hydrogen (secondary N) is 3. The molecule has 422 valence electrons. The molecule has 21 nitrogen and oxygen atoms in total. The maximum Gasteiger partial charge on any atom is 0.329 e. The van der Waals surface area contributed by atoms with Gasteiger partial charge in [-0.25, -0.2) is 4.79 Å². The Morgan fingerprint density at radius 1 is 0.855 bits per heavy atom. The molecule has 3 N–H and O–H groups in total. The summed E-state index contributed by atoms with van der Waals surface area (Å²) in [6.07, 6.45) is -1.20. The first kappa shape index (κ1) is 62.1. The molecule has 1 aromatic rings. The molecule has 12 atom stereocenters. The SMILES string of the molecule is CC[C@H](C)[C@H]1NC(=O)[C@@H](NC(=O)[C@@H](C)N(C)C(=O)[C@@H]2CCCN2C(=O)C(C)=O)[C@@H](C)OC(=O)[C@H](Cc2ccc(OC)cc2)N(C)C(=O)[C@@H]2CCCN2C(=O)[C@H](CC(C)C)NC(=O)[C@@H](C)C(=O)[C@H](C(C)C)OC(=O)C[C@@H]1C. The van der Waals surface area contributed by atoms with E-state index in [4.69, 9.17) is 14.2 Å². The van der Waals surface area contributed by atoms with Gasteiger partial charge in [0.1, 0.15) is 48.1 Å². The number of rotatable bonds is 13. The van der Waals surface area contributed by atoms with E-state index in [1.807, 2.05) is 27.7 Å². The van der Waals surface area contributed by atoms with Crippen LogP contribution in [0.3, 0.4) is 0 Å². The van der Waals surface area contributed by atoms with Crippen LogP contribution in [-0.4, -0.2) is 173 Å². The normalized spacial score (nSPS) is 27.7. The third kappa shape index (κ3) is 15.4. The number of ether oxygens (including phenoxy) is 3. The van der Waals surface area contributed by atoms with Crippen molar-refractivity contribution in [2.75, 3.05) is 34.3 Å². The number of ketones is 2. The average molecular weight is 1070 g/mol. The van der Waals surface area contributed by atoms with E-state index in [1.165, 1.54) is 56.7 Å². The first-order valence-electron chi connectivity index (χ1n) is 26.8. The van der Waals surface area contributed by atoms with Crippen molar-refractivity contribution in [3.8, 4) is 5.75 Å². The van der Waals surface area contributed by atoms with Crippen molar-refractivity contribution >= 4 is 64.9 Å². The standard InChI is InChI=1S/C55H83N7O14/c1-15-31(6)44-32(7)27-43(64)76-47(30(4)5)46(65)33(8)48(66)56-39(26-29(2)3)52(70)62-25-17-19-41(62)54(72)60(13)42(28-37-20-22-38(74-14)23-21-37)55(73)75-36(11)45(50(68)57-44)58-49(67)34(9)59(12)53(71)40-18-16-24-61(40)51(69)35(10)63/h20-23,29-34,36,39-42,44-45,47H,15-19,24-28H2,1-14H3,(H,56,66)(H,57,68)(H,58,67)/t31-,32-,33-,34+,36+,39-,40-,41-,42-,44+,45-,47-/m0/s1. The summed E-state index contributed by atoms with van der Waals surface area (Å²) in [5, 5.41) is 8.45. The van der Waals surface area contributed by atoms with Crippen LogP contribution in [0.25, 0.3) is 0 Å². The van der Waals surface area contributed by atoms with Crippen molar-refractivity contribution in [3.63, 3.8) is 0 Å².